The largest absolute Gasteiger partial charge is 0.271 e. The van der Waals surface area contributed by atoms with Gasteiger partial charge in [-0.2, -0.15) is 5.10 Å². The number of nitro benzene ring substituents is 1. The van der Waals surface area contributed by atoms with Gasteiger partial charge in [-0.05, 0) is 39.7 Å². The van der Waals surface area contributed by atoms with Crippen molar-refractivity contribution < 1.29 is 9.72 Å². The van der Waals surface area contributed by atoms with Crippen molar-refractivity contribution in [2.75, 3.05) is 0 Å². The zero-order valence-electron chi connectivity index (χ0n) is 11.8. The highest BCUT2D eigenvalue weighted by Gasteiger charge is 2.08. The number of hydrazone groups is 1. The van der Waals surface area contributed by atoms with Crippen LogP contribution < -0.4 is 5.43 Å². The number of nitro groups is 1. The van der Waals surface area contributed by atoms with Crippen molar-refractivity contribution >= 4 is 39.8 Å². The van der Waals surface area contributed by atoms with Crippen LogP contribution in [0.2, 0.25) is 0 Å². The maximum Gasteiger partial charge on any atom is 0.271 e. The Kier molecular flexibility index (Phi) is 5.76. The van der Waals surface area contributed by atoms with Gasteiger partial charge in [0.1, 0.15) is 0 Å². The first-order valence-electron chi connectivity index (χ1n) is 6.56. The number of hydrogen-bond donors (Lipinski definition) is 1. The van der Waals surface area contributed by atoms with Gasteiger partial charge < -0.3 is 0 Å². The number of halogens is 1. The van der Waals surface area contributed by atoms with Crippen LogP contribution in [0.1, 0.15) is 15.9 Å². The summed E-state index contributed by atoms with van der Waals surface area (Å²) >= 11 is 3.33. The molecule has 0 unspecified atom stereocenters. The summed E-state index contributed by atoms with van der Waals surface area (Å²) in [7, 11) is 0. The Hall–Kier alpha value is -2.80. The molecule has 2 aromatic rings. The van der Waals surface area contributed by atoms with Crippen molar-refractivity contribution in [3.63, 3.8) is 0 Å². The van der Waals surface area contributed by atoms with E-state index >= 15 is 0 Å². The van der Waals surface area contributed by atoms with E-state index in [1.54, 1.807) is 0 Å². The lowest BCUT2D eigenvalue weighted by atomic mass is 10.2. The van der Waals surface area contributed by atoms with Crippen molar-refractivity contribution in [3.05, 3.63) is 80.3 Å². The standard InChI is InChI=1S/C16H12BrN3O3/c17-14(10-12-4-2-1-3-5-12)11-18-19-16(21)13-6-8-15(9-7-13)20(22)23/h1-11H,(H,19,21)/b14-10-,18-11-. The van der Waals surface area contributed by atoms with E-state index < -0.39 is 10.8 Å². The van der Waals surface area contributed by atoms with Crippen LogP contribution in [-0.2, 0) is 0 Å². The summed E-state index contributed by atoms with van der Waals surface area (Å²) in [6.45, 7) is 0. The van der Waals surface area contributed by atoms with E-state index in [4.69, 9.17) is 0 Å². The highest BCUT2D eigenvalue weighted by atomic mass is 79.9. The van der Waals surface area contributed by atoms with Crippen LogP contribution in [0.5, 0.6) is 0 Å². The molecular weight excluding hydrogens is 362 g/mol. The van der Waals surface area contributed by atoms with Crippen LogP contribution in [0.4, 0.5) is 5.69 Å². The molecule has 0 atom stereocenters. The summed E-state index contributed by atoms with van der Waals surface area (Å²) in [6, 6.07) is 14.9. The SMILES string of the molecule is O=C(N/N=C\C(Br)=C\c1ccccc1)c1ccc([N+](=O)[O-])cc1. The third-order valence-electron chi connectivity index (χ3n) is 2.80. The van der Waals surface area contributed by atoms with Gasteiger partial charge in [0.05, 0.1) is 11.1 Å². The van der Waals surface area contributed by atoms with E-state index in [0.29, 0.717) is 4.48 Å². The summed E-state index contributed by atoms with van der Waals surface area (Å²) < 4.78 is 0.688. The monoisotopic (exact) mass is 373 g/mol. The highest BCUT2D eigenvalue weighted by molar-refractivity contribution is 9.12. The summed E-state index contributed by atoms with van der Waals surface area (Å²) in [5, 5.41) is 14.4. The lowest BCUT2D eigenvalue weighted by Gasteiger charge is -1.99. The first kappa shape index (κ1) is 16.6. The normalized spacial score (nSPS) is 11.4. The summed E-state index contributed by atoms with van der Waals surface area (Å²) in [5.74, 6) is -0.448. The minimum absolute atomic E-state index is 0.0707. The second-order valence-electron chi connectivity index (χ2n) is 4.44. The van der Waals surface area contributed by atoms with Gasteiger partial charge in [-0.1, -0.05) is 30.3 Å². The van der Waals surface area contributed by atoms with E-state index in [-0.39, 0.29) is 11.3 Å². The Bertz CT molecular complexity index is 756. The molecule has 0 radical (unpaired) electrons. The molecular formula is C16H12BrN3O3. The minimum Gasteiger partial charge on any atom is -0.267 e. The zero-order valence-corrected chi connectivity index (χ0v) is 13.4. The fourth-order valence-corrected chi connectivity index (χ4v) is 2.06. The van der Waals surface area contributed by atoms with Gasteiger partial charge in [0.2, 0.25) is 0 Å². The van der Waals surface area contributed by atoms with Crippen LogP contribution in [0, 0.1) is 10.1 Å². The molecule has 0 bridgehead atoms. The number of allylic oxidation sites excluding steroid dienone is 1. The van der Waals surface area contributed by atoms with E-state index in [1.165, 1.54) is 30.5 Å². The Morgan fingerprint density at radius 3 is 2.39 bits per heavy atom. The second kappa shape index (κ2) is 8.00. The molecule has 116 valence electrons. The fourth-order valence-electron chi connectivity index (χ4n) is 1.70. The average molecular weight is 374 g/mol. The quantitative estimate of drug-likeness (QED) is 0.492. The molecule has 6 nitrogen and oxygen atoms in total. The van der Waals surface area contributed by atoms with E-state index in [0.717, 1.165) is 5.56 Å². The molecule has 0 aromatic heterocycles. The summed E-state index contributed by atoms with van der Waals surface area (Å²) in [4.78, 5) is 21.9. The van der Waals surface area contributed by atoms with E-state index in [2.05, 4.69) is 26.5 Å². The molecule has 0 heterocycles. The Morgan fingerprint density at radius 2 is 1.78 bits per heavy atom. The predicted molar refractivity (Wildman–Crippen MR) is 92.4 cm³/mol. The molecule has 0 fully saturated rings. The van der Waals surface area contributed by atoms with Crippen LogP contribution in [0.15, 0.2) is 64.2 Å². The Balaban J connectivity index is 1.95. The van der Waals surface area contributed by atoms with Crippen LogP contribution in [-0.4, -0.2) is 17.0 Å². The number of rotatable bonds is 5. The number of amides is 1. The predicted octanol–water partition coefficient (Wildman–Crippen LogP) is 3.75. The van der Waals surface area contributed by atoms with E-state index in [1.807, 2.05) is 36.4 Å². The Morgan fingerprint density at radius 1 is 1.13 bits per heavy atom. The van der Waals surface area contributed by atoms with Gasteiger partial charge in [0, 0.05) is 22.2 Å². The zero-order chi connectivity index (χ0) is 16.7. The lowest BCUT2D eigenvalue weighted by Crippen LogP contribution is -2.17. The third kappa shape index (κ3) is 5.15. The Labute approximate surface area is 140 Å². The molecule has 2 aromatic carbocycles. The highest BCUT2D eigenvalue weighted by Crippen LogP contribution is 2.12. The molecule has 0 aliphatic heterocycles. The van der Waals surface area contributed by atoms with Crippen LogP contribution in [0.25, 0.3) is 6.08 Å². The van der Waals surface area contributed by atoms with Crippen LogP contribution >= 0.6 is 15.9 Å². The average Bonchev–Trinajstić information content (AvgIpc) is 2.55. The second-order valence-corrected chi connectivity index (χ2v) is 5.36. The number of non-ortho nitro benzene ring substituents is 1. The van der Waals surface area contributed by atoms with Crippen molar-refractivity contribution in [3.8, 4) is 0 Å². The summed E-state index contributed by atoms with van der Waals surface area (Å²) in [6.07, 6.45) is 3.30. The number of benzene rings is 2. The maximum absolute atomic E-state index is 11.8. The van der Waals surface area contributed by atoms with Crippen molar-refractivity contribution in [1.29, 1.82) is 0 Å². The van der Waals surface area contributed by atoms with Crippen molar-refractivity contribution in [2.45, 2.75) is 0 Å². The summed E-state index contributed by atoms with van der Waals surface area (Å²) in [5.41, 5.74) is 3.56. The molecule has 1 N–H and O–H groups in total. The molecule has 2 rings (SSSR count). The number of carbonyl (C=O) groups excluding carboxylic acids is 1. The van der Waals surface area contributed by atoms with Gasteiger partial charge in [-0.3, -0.25) is 14.9 Å². The smallest absolute Gasteiger partial charge is 0.267 e. The molecule has 0 saturated heterocycles. The number of hydrogen-bond acceptors (Lipinski definition) is 4. The molecule has 7 heteroatoms. The molecule has 0 saturated carbocycles. The van der Waals surface area contributed by atoms with Crippen LogP contribution in [0.3, 0.4) is 0 Å². The van der Waals surface area contributed by atoms with E-state index in [9.17, 15) is 14.9 Å². The molecule has 0 aliphatic rings. The number of nitrogens with one attached hydrogen (secondary N) is 1. The number of nitrogens with zero attached hydrogens (tertiary/aromatic N) is 2. The lowest BCUT2D eigenvalue weighted by molar-refractivity contribution is -0.384. The van der Waals surface area contributed by atoms with Gasteiger partial charge in [0.15, 0.2) is 0 Å². The topological polar surface area (TPSA) is 84.6 Å². The molecule has 0 aliphatic carbocycles. The van der Waals surface area contributed by atoms with Gasteiger partial charge in [0.25, 0.3) is 11.6 Å². The number of carbonyl (C=O) groups is 1. The molecule has 1 amide bonds. The fraction of sp³-hybridized carbons (Fsp3) is 0. The van der Waals surface area contributed by atoms with Gasteiger partial charge in [-0.25, -0.2) is 5.43 Å². The minimum atomic E-state index is -0.522. The maximum atomic E-state index is 11.8. The van der Waals surface area contributed by atoms with Crippen molar-refractivity contribution in [2.24, 2.45) is 5.10 Å². The first-order valence-corrected chi connectivity index (χ1v) is 7.35. The molecule has 23 heavy (non-hydrogen) atoms. The molecule has 0 spiro atoms. The first-order chi connectivity index (χ1) is 11.1. The van der Waals surface area contributed by atoms with Gasteiger partial charge >= 0.3 is 0 Å². The third-order valence-corrected chi connectivity index (χ3v) is 3.23. The van der Waals surface area contributed by atoms with Crippen molar-refractivity contribution in [1.82, 2.24) is 5.43 Å². The van der Waals surface area contributed by atoms with Gasteiger partial charge in [-0.15, -0.1) is 0 Å².